The highest BCUT2D eigenvalue weighted by atomic mass is 15.0. The Balaban J connectivity index is 2.92. The summed E-state index contributed by atoms with van der Waals surface area (Å²) in [7, 11) is 0. The van der Waals surface area contributed by atoms with Gasteiger partial charge in [-0.25, -0.2) is 4.98 Å². The summed E-state index contributed by atoms with van der Waals surface area (Å²) in [6, 6.07) is 0. The molecule has 0 amide bonds. The second-order valence-corrected chi connectivity index (χ2v) is 3.74. The van der Waals surface area contributed by atoms with Gasteiger partial charge in [0.15, 0.2) is 0 Å². The number of aromatic nitrogens is 2. The average molecular weight is 191 g/mol. The molecule has 1 heterocycles. The Kier molecular flexibility index (Phi) is 3.73. The molecule has 3 nitrogen and oxygen atoms in total. The third-order valence-electron chi connectivity index (χ3n) is 2.44. The number of hydrogen-bond acceptors (Lipinski definition) is 2. The summed E-state index contributed by atoms with van der Waals surface area (Å²) in [5, 5.41) is 0. The molecule has 0 saturated carbocycles. The van der Waals surface area contributed by atoms with Gasteiger partial charge in [0.25, 0.3) is 0 Å². The van der Waals surface area contributed by atoms with Crippen LogP contribution in [-0.4, -0.2) is 16.1 Å². The van der Waals surface area contributed by atoms with E-state index in [-0.39, 0.29) is 0 Å². The van der Waals surface area contributed by atoms with Crippen LogP contribution in [0.5, 0.6) is 0 Å². The summed E-state index contributed by atoms with van der Waals surface area (Å²) in [5.74, 6) is 3.46. The van der Waals surface area contributed by atoms with Crippen LogP contribution in [0, 0.1) is 18.3 Å². The molecule has 0 bridgehead atoms. The van der Waals surface area contributed by atoms with Crippen molar-refractivity contribution in [3.05, 3.63) is 18.2 Å². The fraction of sp³-hybridized carbons (Fsp3) is 0.545. The highest BCUT2D eigenvalue weighted by molar-refractivity contribution is 5.09. The highest BCUT2D eigenvalue weighted by Gasteiger charge is 2.17. The van der Waals surface area contributed by atoms with E-state index >= 15 is 0 Å². The van der Waals surface area contributed by atoms with E-state index in [4.69, 9.17) is 12.2 Å². The molecule has 2 N–H and O–H groups in total. The Hall–Kier alpha value is -1.27. The molecule has 0 aliphatic heterocycles. The first-order chi connectivity index (χ1) is 6.70. The quantitative estimate of drug-likeness (QED) is 0.727. The maximum absolute atomic E-state index is 5.74. The van der Waals surface area contributed by atoms with Crippen LogP contribution in [0.25, 0.3) is 0 Å². The van der Waals surface area contributed by atoms with Gasteiger partial charge in [0.05, 0.1) is 12.9 Å². The lowest BCUT2D eigenvalue weighted by atomic mass is 9.93. The molecule has 14 heavy (non-hydrogen) atoms. The predicted molar refractivity (Wildman–Crippen MR) is 57.7 cm³/mol. The first-order valence-corrected chi connectivity index (χ1v) is 4.84. The van der Waals surface area contributed by atoms with Gasteiger partial charge in [-0.15, -0.1) is 6.42 Å². The van der Waals surface area contributed by atoms with Crippen molar-refractivity contribution in [1.82, 2.24) is 9.55 Å². The van der Waals surface area contributed by atoms with Crippen LogP contribution in [-0.2, 0) is 6.54 Å². The van der Waals surface area contributed by atoms with Gasteiger partial charge < -0.3 is 10.3 Å². The zero-order chi connectivity index (χ0) is 10.6. The van der Waals surface area contributed by atoms with Gasteiger partial charge in [0, 0.05) is 24.4 Å². The van der Waals surface area contributed by atoms with E-state index in [0.717, 1.165) is 5.69 Å². The molecule has 0 spiro atoms. The van der Waals surface area contributed by atoms with E-state index in [1.165, 1.54) is 0 Å². The van der Waals surface area contributed by atoms with Gasteiger partial charge in [0.1, 0.15) is 0 Å². The molecule has 1 rings (SSSR count). The fourth-order valence-corrected chi connectivity index (χ4v) is 1.60. The molecule has 0 saturated heterocycles. The van der Waals surface area contributed by atoms with Crippen molar-refractivity contribution in [3.63, 3.8) is 0 Å². The second kappa shape index (κ2) is 4.83. The highest BCUT2D eigenvalue weighted by Crippen LogP contribution is 2.22. The largest absolute Gasteiger partial charge is 0.330 e. The molecule has 1 aromatic rings. The Morgan fingerprint density at radius 1 is 1.64 bits per heavy atom. The molecule has 76 valence electrons. The number of imidazole rings is 1. The lowest BCUT2D eigenvalue weighted by molar-refractivity contribution is 0.480. The molecule has 1 aromatic heterocycles. The van der Waals surface area contributed by atoms with Gasteiger partial charge in [-0.1, -0.05) is 19.8 Å². The normalized spacial score (nSPS) is 12.8. The van der Waals surface area contributed by atoms with Crippen molar-refractivity contribution < 1.29 is 0 Å². The first kappa shape index (κ1) is 10.8. The molecule has 1 unspecified atom stereocenters. The summed E-state index contributed by atoms with van der Waals surface area (Å²) in [4.78, 5) is 4.10. The maximum atomic E-state index is 5.74. The lowest BCUT2D eigenvalue weighted by Gasteiger charge is -2.19. The van der Waals surface area contributed by atoms with Crippen molar-refractivity contribution in [1.29, 1.82) is 0 Å². The summed E-state index contributed by atoms with van der Waals surface area (Å²) in [6.07, 6.45) is 8.90. The van der Waals surface area contributed by atoms with Crippen molar-refractivity contribution in [2.45, 2.75) is 26.3 Å². The zero-order valence-electron chi connectivity index (χ0n) is 8.77. The third-order valence-corrected chi connectivity index (χ3v) is 2.44. The Labute approximate surface area is 85.3 Å². The Bertz CT molecular complexity index is 320. The van der Waals surface area contributed by atoms with Crippen LogP contribution in [0.3, 0.4) is 0 Å². The third kappa shape index (κ3) is 2.15. The Morgan fingerprint density at radius 3 is 2.86 bits per heavy atom. The molecule has 0 radical (unpaired) electrons. The average Bonchev–Trinajstić information content (AvgIpc) is 2.55. The zero-order valence-corrected chi connectivity index (χ0v) is 8.77. The van der Waals surface area contributed by atoms with Crippen LogP contribution >= 0.6 is 0 Å². The van der Waals surface area contributed by atoms with Gasteiger partial charge in [-0.3, -0.25) is 0 Å². The smallest absolute Gasteiger partial charge is 0.0956 e. The first-order valence-electron chi connectivity index (χ1n) is 4.84. The van der Waals surface area contributed by atoms with Gasteiger partial charge in [-0.05, 0) is 5.92 Å². The SMILES string of the molecule is C#CCn1cncc1C(CN)C(C)C. The van der Waals surface area contributed by atoms with Crippen LogP contribution in [0.15, 0.2) is 12.5 Å². The minimum absolute atomic E-state index is 0.339. The molecular weight excluding hydrogens is 174 g/mol. The van der Waals surface area contributed by atoms with Gasteiger partial charge >= 0.3 is 0 Å². The predicted octanol–water partition coefficient (Wildman–Crippen LogP) is 1.21. The molecule has 1 atom stereocenters. The van der Waals surface area contributed by atoms with E-state index in [1.54, 1.807) is 6.33 Å². The van der Waals surface area contributed by atoms with Crippen molar-refractivity contribution in [2.75, 3.05) is 6.54 Å². The standard InChI is InChI=1S/C11H17N3/c1-4-5-14-8-13-7-11(14)10(6-12)9(2)3/h1,7-10H,5-6,12H2,2-3H3. The van der Waals surface area contributed by atoms with Crippen molar-refractivity contribution in [3.8, 4) is 12.3 Å². The molecule has 3 heteroatoms. The molecule has 0 aliphatic carbocycles. The fourth-order valence-electron chi connectivity index (χ4n) is 1.60. The topological polar surface area (TPSA) is 43.8 Å². The number of rotatable bonds is 4. The van der Waals surface area contributed by atoms with Crippen LogP contribution in [0.1, 0.15) is 25.5 Å². The monoisotopic (exact) mass is 191 g/mol. The minimum Gasteiger partial charge on any atom is -0.330 e. The van der Waals surface area contributed by atoms with Gasteiger partial charge in [-0.2, -0.15) is 0 Å². The van der Waals surface area contributed by atoms with E-state index in [1.807, 2.05) is 10.8 Å². The van der Waals surface area contributed by atoms with Crippen LogP contribution in [0.4, 0.5) is 0 Å². The molecule has 0 aliphatic rings. The summed E-state index contributed by atoms with van der Waals surface area (Å²) >= 11 is 0. The van der Waals surface area contributed by atoms with Crippen molar-refractivity contribution in [2.24, 2.45) is 11.7 Å². The second-order valence-electron chi connectivity index (χ2n) is 3.74. The van der Waals surface area contributed by atoms with E-state index in [0.29, 0.717) is 24.9 Å². The van der Waals surface area contributed by atoms with Crippen LogP contribution in [0.2, 0.25) is 0 Å². The Morgan fingerprint density at radius 2 is 2.36 bits per heavy atom. The van der Waals surface area contributed by atoms with E-state index < -0.39 is 0 Å². The summed E-state index contributed by atoms with van der Waals surface area (Å²) in [6.45, 7) is 5.52. The molecule has 0 fully saturated rings. The summed E-state index contributed by atoms with van der Waals surface area (Å²) in [5.41, 5.74) is 6.88. The maximum Gasteiger partial charge on any atom is 0.0956 e. The van der Waals surface area contributed by atoms with E-state index in [9.17, 15) is 0 Å². The van der Waals surface area contributed by atoms with E-state index in [2.05, 4.69) is 24.8 Å². The minimum atomic E-state index is 0.339. The molecule has 0 aromatic carbocycles. The number of nitrogens with zero attached hydrogens (tertiary/aromatic N) is 2. The lowest BCUT2D eigenvalue weighted by Crippen LogP contribution is -2.20. The van der Waals surface area contributed by atoms with Crippen LogP contribution < -0.4 is 5.73 Å². The molecular formula is C11H17N3. The summed E-state index contributed by atoms with van der Waals surface area (Å²) < 4.78 is 1.98. The number of terminal acetylenes is 1. The number of nitrogens with two attached hydrogens (primary N) is 1. The van der Waals surface area contributed by atoms with Crippen molar-refractivity contribution >= 4 is 0 Å². The van der Waals surface area contributed by atoms with Gasteiger partial charge in [0.2, 0.25) is 0 Å². The number of hydrogen-bond donors (Lipinski definition) is 1.